The topological polar surface area (TPSA) is 71.8 Å². The van der Waals surface area contributed by atoms with Gasteiger partial charge in [0.25, 0.3) is 5.95 Å². The third-order valence-electron chi connectivity index (χ3n) is 5.58. The van der Waals surface area contributed by atoms with Crippen LogP contribution in [0.2, 0.25) is 5.02 Å². The Labute approximate surface area is 201 Å². The van der Waals surface area contributed by atoms with Gasteiger partial charge in [-0.1, -0.05) is 78.3 Å². The van der Waals surface area contributed by atoms with E-state index in [0.717, 1.165) is 16.8 Å². The Morgan fingerprint density at radius 2 is 1.76 bits per heavy atom. The van der Waals surface area contributed by atoms with Gasteiger partial charge in [0.1, 0.15) is 11.9 Å². The maximum absolute atomic E-state index is 14.9. The first kappa shape index (κ1) is 21.9. The number of aryl methyl sites for hydroxylation is 1. The number of hydrogen-bond donors (Lipinski definition) is 2. The molecule has 0 radical (unpaired) electrons. The standard InChI is InChI=1S/C26H21ClFN5O/c27-19-12-7-13-20(28)24(19)22-16-21(18-10-5-2-6-11-18)29-26-31-25(32-33(22)26)30-23(34)15-14-17-8-3-1-4-9-17/h1-13,16,22H,14-15H2,(H2,29,30,31,32,34). The summed E-state index contributed by atoms with van der Waals surface area (Å²) < 4.78 is 16.4. The highest BCUT2D eigenvalue weighted by Crippen LogP contribution is 2.37. The normalized spacial score (nSPS) is 14.6. The number of nitrogens with one attached hydrogen (secondary N) is 2. The van der Waals surface area contributed by atoms with Crippen LogP contribution >= 0.6 is 11.6 Å². The summed E-state index contributed by atoms with van der Waals surface area (Å²) in [5.74, 6) is -0.133. The van der Waals surface area contributed by atoms with Crippen molar-refractivity contribution in [1.82, 2.24) is 14.8 Å². The van der Waals surface area contributed by atoms with E-state index in [1.165, 1.54) is 10.7 Å². The molecule has 0 spiro atoms. The van der Waals surface area contributed by atoms with E-state index in [9.17, 15) is 9.18 Å². The van der Waals surface area contributed by atoms with Gasteiger partial charge in [0.15, 0.2) is 0 Å². The van der Waals surface area contributed by atoms with Gasteiger partial charge in [-0.3, -0.25) is 10.1 Å². The second-order valence-corrected chi connectivity index (χ2v) is 8.30. The van der Waals surface area contributed by atoms with Crippen molar-refractivity contribution >= 4 is 35.1 Å². The number of nitrogens with zero attached hydrogens (tertiary/aromatic N) is 3. The molecule has 1 aromatic heterocycles. The SMILES string of the molecule is O=C(CCc1ccccc1)Nc1nc2n(n1)C(c1c(F)cccc1Cl)C=C(c1ccccc1)N2. The van der Waals surface area contributed by atoms with Gasteiger partial charge < -0.3 is 5.32 Å². The summed E-state index contributed by atoms with van der Waals surface area (Å²) in [5, 5.41) is 10.7. The quantitative estimate of drug-likeness (QED) is 0.377. The van der Waals surface area contributed by atoms with Gasteiger partial charge in [-0.05, 0) is 35.8 Å². The first-order valence-electron chi connectivity index (χ1n) is 10.9. The number of carbonyl (C=O) groups is 1. The lowest BCUT2D eigenvalue weighted by Gasteiger charge is -2.25. The monoisotopic (exact) mass is 473 g/mol. The number of allylic oxidation sites excluding steroid dienone is 1. The van der Waals surface area contributed by atoms with Crippen molar-refractivity contribution < 1.29 is 9.18 Å². The van der Waals surface area contributed by atoms with Gasteiger partial charge in [-0.25, -0.2) is 9.07 Å². The smallest absolute Gasteiger partial charge is 0.250 e. The van der Waals surface area contributed by atoms with Gasteiger partial charge in [0.05, 0.1) is 0 Å². The van der Waals surface area contributed by atoms with Crippen molar-refractivity contribution in [2.75, 3.05) is 10.6 Å². The van der Waals surface area contributed by atoms with Crippen LogP contribution in [0.5, 0.6) is 0 Å². The molecule has 34 heavy (non-hydrogen) atoms. The number of rotatable bonds is 6. The van der Waals surface area contributed by atoms with E-state index in [0.29, 0.717) is 12.4 Å². The van der Waals surface area contributed by atoms with Crippen LogP contribution in [0, 0.1) is 5.82 Å². The predicted molar refractivity (Wildman–Crippen MR) is 131 cm³/mol. The Balaban J connectivity index is 1.44. The van der Waals surface area contributed by atoms with Gasteiger partial charge >= 0.3 is 0 Å². The van der Waals surface area contributed by atoms with Crippen LogP contribution in [0.1, 0.15) is 29.2 Å². The van der Waals surface area contributed by atoms with E-state index >= 15 is 0 Å². The molecule has 1 aliphatic heterocycles. The third-order valence-corrected chi connectivity index (χ3v) is 5.91. The van der Waals surface area contributed by atoms with Gasteiger partial charge in [0.2, 0.25) is 11.9 Å². The first-order valence-corrected chi connectivity index (χ1v) is 11.2. The van der Waals surface area contributed by atoms with Gasteiger partial charge in [-0.15, -0.1) is 5.10 Å². The minimum absolute atomic E-state index is 0.140. The summed E-state index contributed by atoms with van der Waals surface area (Å²) in [6, 6.07) is 23.3. The average molecular weight is 474 g/mol. The third kappa shape index (κ3) is 4.56. The Morgan fingerprint density at radius 1 is 1.03 bits per heavy atom. The highest BCUT2D eigenvalue weighted by Gasteiger charge is 2.29. The van der Waals surface area contributed by atoms with E-state index in [4.69, 9.17) is 11.6 Å². The molecule has 5 rings (SSSR count). The van der Waals surface area contributed by atoms with Crippen molar-refractivity contribution in [1.29, 1.82) is 0 Å². The number of fused-ring (bicyclic) bond motifs is 1. The zero-order valence-electron chi connectivity index (χ0n) is 18.1. The van der Waals surface area contributed by atoms with Crippen LogP contribution in [0.25, 0.3) is 5.70 Å². The fraction of sp³-hybridized carbons (Fsp3) is 0.115. The zero-order chi connectivity index (χ0) is 23.5. The van der Waals surface area contributed by atoms with Crippen molar-refractivity contribution in [3.05, 3.63) is 112 Å². The number of halogens is 2. The van der Waals surface area contributed by atoms with Crippen LogP contribution in [-0.4, -0.2) is 20.7 Å². The lowest BCUT2D eigenvalue weighted by molar-refractivity contribution is -0.116. The minimum Gasteiger partial charge on any atom is -0.324 e. The summed E-state index contributed by atoms with van der Waals surface area (Å²) >= 11 is 6.39. The molecule has 0 saturated heterocycles. The van der Waals surface area contributed by atoms with E-state index in [1.807, 2.05) is 66.7 Å². The van der Waals surface area contributed by atoms with Crippen molar-refractivity contribution in [2.45, 2.75) is 18.9 Å². The molecule has 3 aromatic carbocycles. The molecular formula is C26H21ClFN5O. The second-order valence-electron chi connectivity index (χ2n) is 7.89. The molecule has 2 heterocycles. The molecular weight excluding hydrogens is 453 g/mol. The molecule has 2 N–H and O–H groups in total. The molecule has 1 unspecified atom stereocenters. The largest absolute Gasteiger partial charge is 0.324 e. The molecule has 8 heteroatoms. The Hall–Kier alpha value is -3.97. The summed E-state index contributed by atoms with van der Waals surface area (Å²) in [4.78, 5) is 17.0. The molecule has 170 valence electrons. The summed E-state index contributed by atoms with van der Waals surface area (Å²) in [7, 11) is 0. The summed E-state index contributed by atoms with van der Waals surface area (Å²) in [6.07, 6.45) is 2.74. The molecule has 0 saturated carbocycles. The van der Waals surface area contributed by atoms with Gasteiger partial charge in [0, 0.05) is 22.7 Å². The van der Waals surface area contributed by atoms with Crippen LogP contribution in [0.4, 0.5) is 16.3 Å². The maximum Gasteiger partial charge on any atom is 0.250 e. The second kappa shape index (κ2) is 9.49. The molecule has 6 nitrogen and oxygen atoms in total. The number of anilines is 2. The Bertz CT molecular complexity index is 1330. The lowest BCUT2D eigenvalue weighted by atomic mass is 10.0. The fourth-order valence-electron chi connectivity index (χ4n) is 3.92. The fourth-order valence-corrected chi connectivity index (χ4v) is 4.20. The zero-order valence-corrected chi connectivity index (χ0v) is 18.8. The van der Waals surface area contributed by atoms with E-state index in [-0.39, 0.29) is 28.9 Å². The van der Waals surface area contributed by atoms with Crippen LogP contribution in [0.3, 0.4) is 0 Å². The summed E-state index contributed by atoms with van der Waals surface area (Å²) in [5.41, 5.74) is 3.00. The van der Waals surface area contributed by atoms with E-state index < -0.39 is 11.9 Å². The van der Waals surface area contributed by atoms with Crippen molar-refractivity contribution in [3.63, 3.8) is 0 Å². The number of carbonyl (C=O) groups excluding carboxylic acids is 1. The minimum atomic E-state index is -0.650. The number of hydrogen-bond acceptors (Lipinski definition) is 4. The highest BCUT2D eigenvalue weighted by atomic mass is 35.5. The summed E-state index contributed by atoms with van der Waals surface area (Å²) in [6.45, 7) is 0. The number of aromatic nitrogens is 3. The number of benzene rings is 3. The highest BCUT2D eigenvalue weighted by molar-refractivity contribution is 6.31. The molecule has 0 bridgehead atoms. The van der Waals surface area contributed by atoms with Crippen molar-refractivity contribution in [2.24, 2.45) is 0 Å². The van der Waals surface area contributed by atoms with Crippen molar-refractivity contribution in [3.8, 4) is 0 Å². The van der Waals surface area contributed by atoms with E-state index in [2.05, 4.69) is 20.7 Å². The lowest BCUT2D eigenvalue weighted by Crippen LogP contribution is -2.21. The van der Waals surface area contributed by atoms with Gasteiger partial charge in [-0.2, -0.15) is 4.98 Å². The molecule has 1 amide bonds. The molecule has 4 aromatic rings. The Kier molecular flexibility index (Phi) is 6.10. The van der Waals surface area contributed by atoms with Crippen LogP contribution in [-0.2, 0) is 11.2 Å². The molecule has 0 aliphatic carbocycles. The van der Waals surface area contributed by atoms with Crippen LogP contribution < -0.4 is 10.6 Å². The molecule has 1 aliphatic rings. The predicted octanol–water partition coefficient (Wildman–Crippen LogP) is 5.70. The molecule has 1 atom stereocenters. The number of amides is 1. The average Bonchev–Trinajstić information content (AvgIpc) is 3.26. The Morgan fingerprint density at radius 3 is 2.50 bits per heavy atom. The first-order chi connectivity index (χ1) is 16.6. The molecule has 0 fully saturated rings. The maximum atomic E-state index is 14.9. The van der Waals surface area contributed by atoms with Crippen LogP contribution in [0.15, 0.2) is 84.9 Å². The van der Waals surface area contributed by atoms with E-state index in [1.54, 1.807) is 12.1 Å².